The summed E-state index contributed by atoms with van der Waals surface area (Å²) in [7, 11) is 1.67. The fourth-order valence-electron chi connectivity index (χ4n) is 3.52. The van der Waals surface area contributed by atoms with E-state index in [-0.39, 0.29) is 11.8 Å². The van der Waals surface area contributed by atoms with Gasteiger partial charge in [0.1, 0.15) is 5.75 Å². The molecule has 3 rings (SSSR count). The number of carbonyl (C=O) groups is 1. The highest BCUT2D eigenvalue weighted by atomic mass is 16.5. The number of benzene rings is 2. The van der Waals surface area contributed by atoms with Crippen LogP contribution in [-0.4, -0.2) is 37.6 Å². The van der Waals surface area contributed by atoms with E-state index < -0.39 is 0 Å². The highest BCUT2D eigenvalue weighted by Gasteiger charge is 2.25. The highest BCUT2D eigenvalue weighted by Crippen LogP contribution is 2.19. The lowest BCUT2D eigenvalue weighted by atomic mass is 9.96. The number of likely N-dealkylation sites (tertiary alicyclic amines) is 1. The number of amides is 1. The molecule has 26 heavy (non-hydrogen) atoms. The van der Waals surface area contributed by atoms with Crippen LogP contribution in [0.25, 0.3) is 0 Å². The number of ether oxygens (including phenoxy) is 1. The second kappa shape index (κ2) is 9.39. The normalized spacial score (nSPS) is 17.7. The van der Waals surface area contributed by atoms with E-state index >= 15 is 0 Å². The Kier molecular flexibility index (Phi) is 6.67. The van der Waals surface area contributed by atoms with Crippen molar-refractivity contribution in [2.75, 3.05) is 26.7 Å². The molecule has 0 aliphatic carbocycles. The number of nitrogens with one attached hydrogen (secondary N) is 1. The Labute approximate surface area is 156 Å². The van der Waals surface area contributed by atoms with E-state index in [1.165, 1.54) is 11.1 Å². The van der Waals surface area contributed by atoms with Crippen molar-refractivity contribution < 1.29 is 9.53 Å². The fraction of sp³-hybridized carbons (Fsp3) is 0.409. The van der Waals surface area contributed by atoms with Gasteiger partial charge in [0.25, 0.3) is 0 Å². The molecule has 1 unspecified atom stereocenters. The summed E-state index contributed by atoms with van der Waals surface area (Å²) in [6.45, 7) is 3.53. The second-order valence-electron chi connectivity index (χ2n) is 6.95. The van der Waals surface area contributed by atoms with Gasteiger partial charge in [-0.3, -0.25) is 9.69 Å². The standard InChI is InChI=1S/C22H28N2O2/c1-26-21-11-9-18(10-12-21)13-14-23-22(25)20-8-5-15-24(17-20)16-19-6-3-2-4-7-19/h2-4,6-7,9-12,20H,5,8,13-17H2,1H3,(H,23,25). The summed E-state index contributed by atoms with van der Waals surface area (Å²) in [6, 6.07) is 18.5. The quantitative estimate of drug-likeness (QED) is 0.832. The molecule has 1 heterocycles. The van der Waals surface area contributed by atoms with Gasteiger partial charge in [0.15, 0.2) is 0 Å². The number of carbonyl (C=O) groups excluding carboxylic acids is 1. The number of hydrogen-bond donors (Lipinski definition) is 1. The van der Waals surface area contributed by atoms with Crippen molar-refractivity contribution in [2.24, 2.45) is 5.92 Å². The third kappa shape index (κ3) is 5.33. The molecule has 4 nitrogen and oxygen atoms in total. The molecule has 1 saturated heterocycles. The number of nitrogens with zero attached hydrogens (tertiary/aromatic N) is 1. The molecule has 1 N–H and O–H groups in total. The zero-order valence-corrected chi connectivity index (χ0v) is 15.5. The van der Waals surface area contributed by atoms with Crippen LogP contribution in [0.15, 0.2) is 54.6 Å². The Hall–Kier alpha value is -2.33. The zero-order chi connectivity index (χ0) is 18.2. The van der Waals surface area contributed by atoms with Crippen LogP contribution in [0.4, 0.5) is 0 Å². The molecule has 2 aromatic carbocycles. The van der Waals surface area contributed by atoms with E-state index in [0.717, 1.165) is 44.6 Å². The molecular weight excluding hydrogens is 324 g/mol. The summed E-state index contributed by atoms with van der Waals surface area (Å²) < 4.78 is 5.17. The summed E-state index contributed by atoms with van der Waals surface area (Å²) >= 11 is 0. The monoisotopic (exact) mass is 352 g/mol. The van der Waals surface area contributed by atoms with Gasteiger partial charge in [-0.1, -0.05) is 42.5 Å². The zero-order valence-electron chi connectivity index (χ0n) is 15.5. The summed E-state index contributed by atoms with van der Waals surface area (Å²) in [5, 5.41) is 3.12. The molecule has 138 valence electrons. The SMILES string of the molecule is COc1ccc(CCNC(=O)C2CCCN(Cc3ccccc3)C2)cc1. The Balaban J connectivity index is 1.43. The van der Waals surface area contributed by atoms with Gasteiger partial charge in [0.2, 0.25) is 5.91 Å². The number of rotatable bonds is 7. The molecule has 0 bridgehead atoms. The van der Waals surface area contributed by atoms with Crippen LogP contribution in [0, 0.1) is 5.92 Å². The minimum atomic E-state index is 0.100. The van der Waals surface area contributed by atoms with Crippen LogP contribution >= 0.6 is 0 Å². The van der Waals surface area contributed by atoms with Crippen molar-refractivity contribution in [1.82, 2.24) is 10.2 Å². The minimum Gasteiger partial charge on any atom is -0.497 e. The maximum atomic E-state index is 12.5. The molecule has 0 spiro atoms. The molecule has 1 aliphatic rings. The molecule has 1 fully saturated rings. The van der Waals surface area contributed by atoms with Crippen LogP contribution in [0.1, 0.15) is 24.0 Å². The Morgan fingerprint density at radius 1 is 1.12 bits per heavy atom. The summed E-state index contributed by atoms with van der Waals surface area (Å²) in [5.41, 5.74) is 2.52. The molecule has 0 radical (unpaired) electrons. The summed E-state index contributed by atoms with van der Waals surface area (Å²) in [6.07, 6.45) is 2.92. The van der Waals surface area contributed by atoms with Gasteiger partial charge in [-0.15, -0.1) is 0 Å². The molecule has 1 aliphatic heterocycles. The maximum absolute atomic E-state index is 12.5. The number of piperidine rings is 1. The van der Waals surface area contributed by atoms with Crippen LogP contribution in [0.3, 0.4) is 0 Å². The fourth-order valence-corrected chi connectivity index (χ4v) is 3.52. The lowest BCUT2D eigenvalue weighted by Gasteiger charge is -2.32. The van der Waals surface area contributed by atoms with Gasteiger partial charge in [0.05, 0.1) is 13.0 Å². The Morgan fingerprint density at radius 3 is 2.62 bits per heavy atom. The first-order chi connectivity index (χ1) is 12.7. The number of hydrogen-bond acceptors (Lipinski definition) is 3. The van der Waals surface area contributed by atoms with Crippen LogP contribution in [0.2, 0.25) is 0 Å². The van der Waals surface area contributed by atoms with Crippen molar-refractivity contribution in [3.8, 4) is 5.75 Å². The smallest absolute Gasteiger partial charge is 0.224 e. The van der Waals surface area contributed by atoms with E-state index in [1.807, 2.05) is 30.3 Å². The molecular formula is C22H28N2O2. The van der Waals surface area contributed by atoms with Crippen molar-refractivity contribution in [3.63, 3.8) is 0 Å². The highest BCUT2D eigenvalue weighted by molar-refractivity contribution is 5.79. The van der Waals surface area contributed by atoms with Gasteiger partial charge in [-0.2, -0.15) is 0 Å². The van der Waals surface area contributed by atoms with Crippen molar-refractivity contribution in [2.45, 2.75) is 25.8 Å². The molecule has 1 atom stereocenters. The molecule has 1 amide bonds. The van der Waals surface area contributed by atoms with Crippen LogP contribution < -0.4 is 10.1 Å². The summed E-state index contributed by atoms with van der Waals surface area (Å²) in [5.74, 6) is 1.15. The predicted molar refractivity (Wildman–Crippen MR) is 104 cm³/mol. The van der Waals surface area contributed by atoms with Crippen molar-refractivity contribution in [1.29, 1.82) is 0 Å². The Morgan fingerprint density at radius 2 is 1.88 bits per heavy atom. The Bertz CT molecular complexity index is 685. The molecule has 0 saturated carbocycles. The first-order valence-electron chi connectivity index (χ1n) is 9.41. The topological polar surface area (TPSA) is 41.6 Å². The second-order valence-corrected chi connectivity index (χ2v) is 6.95. The van der Waals surface area contributed by atoms with Gasteiger partial charge >= 0.3 is 0 Å². The largest absolute Gasteiger partial charge is 0.497 e. The van der Waals surface area contributed by atoms with Gasteiger partial charge in [-0.05, 0) is 49.1 Å². The predicted octanol–water partition coefficient (Wildman–Crippen LogP) is 3.27. The number of methoxy groups -OCH3 is 1. The van der Waals surface area contributed by atoms with Crippen molar-refractivity contribution in [3.05, 3.63) is 65.7 Å². The van der Waals surface area contributed by atoms with Gasteiger partial charge in [0, 0.05) is 19.6 Å². The van der Waals surface area contributed by atoms with Crippen LogP contribution in [-0.2, 0) is 17.8 Å². The third-order valence-electron chi connectivity index (χ3n) is 5.00. The van der Waals surface area contributed by atoms with E-state index in [1.54, 1.807) is 7.11 Å². The van der Waals surface area contributed by atoms with E-state index in [0.29, 0.717) is 6.54 Å². The van der Waals surface area contributed by atoms with Crippen LogP contribution in [0.5, 0.6) is 5.75 Å². The lowest BCUT2D eigenvalue weighted by molar-refractivity contribution is -0.126. The molecule has 4 heteroatoms. The van der Waals surface area contributed by atoms with E-state index in [9.17, 15) is 4.79 Å². The lowest BCUT2D eigenvalue weighted by Crippen LogP contribution is -2.43. The minimum absolute atomic E-state index is 0.100. The molecule has 0 aromatic heterocycles. The van der Waals surface area contributed by atoms with E-state index in [2.05, 4.69) is 34.5 Å². The van der Waals surface area contributed by atoms with Gasteiger partial charge in [-0.25, -0.2) is 0 Å². The first kappa shape index (κ1) is 18.5. The average Bonchev–Trinajstić information content (AvgIpc) is 2.69. The van der Waals surface area contributed by atoms with Gasteiger partial charge < -0.3 is 10.1 Å². The molecule has 2 aromatic rings. The van der Waals surface area contributed by atoms with E-state index in [4.69, 9.17) is 4.74 Å². The maximum Gasteiger partial charge on any atom is 0.224 e. The first-order valence-corrected chi connectivity index (χ1v) is 9.41. The third-order valence-corrected chi connectivity index (χ3v) is 5.00. The van der Waals surface area contributed by atoms with Crippen molar-refractivity contribution >= 4 is 5.91 Å². The summed E-state index contributed by atoms with van der Waals surface area (Å²) in [4.78, 5) is 14.9. The average molecular weight is 352 g/mol.